The number of anilines is 1. The van der Waals surface area contributed by atoms with Crippen molar-refractivity contribution in [2.24, 2.45) is 16.1 Å². The van der Waals surface area contributed by atoms with Crippen molar-refractivity contribution in [3.05, 3.63) is 57.6 Å². The Morgan fingerprint density at radius 2 is 1.81 bits per heavy atom. The van der Waals surface area contributed by atoms with Gasteiger partial charge in [0.15, 0.2) is 6.29 Å². The van der Waals surface area contributed by atoms with Crippen molar-refractivity contribution in [2.75, 3.05) is 31.2 Å². The van der Waals surface area contributed by atoms with Gasteiger partial charge in [0.05, 0.1) is 28.8 Å². The van der Waals surface area contributed by atoms with Crippen LogP contribution in [0.15, 0.2) is 52.7 Å². The van der Waals surface area contributed by atoms with Gasteiger partial charge in [-0.2, -0.15) is 5.11 Å². The Labute approximate surface area is 188 Å². The Morgan fingerprint density at radius 1 is 1.10 bits per heavy atom. The van der Waals surface area contributed by atoms with Gasteiger partial charge in [0, 0.05) is 30.9 Å². The zero-order chi connectivity index (χ0) is 22.8. The van der Waals surface area contributed by atoms with Crippen molar-refractivity contribution in [3.8, 4) is 0 Å². The van der Waals surface area contributed by atoms with Crippen molar-refractivity contribution in [1.82, 2.24) is 0 Å². The molecular weight excluding hydrogens is 420 g/mol. The highest BCUT2D eigenvalue weighted by atomic mass is 35.5. The molecular formula is C22H29ClN4O4. The van der Waals surface area contributed by atoms with Gasteiger partial charge in [0.2, 0.25) is 0 Å². The summed E-state index contributed by atoms with van der Waals surface area (Å²) >= 11 is 6.05. The minimum atomic E-state index is -0.505. The maximum Gasteiger partial charge on any atom is 0.271 e. The normalized spacial score (nSPS) is 12.5. The van der Waals surface area contributed by atoms with Crippen LogP contribution < -0.4 is 4.90 Å². The molecule has 0 saturated carbocycles. The van der Waals surface area contributed by atoms with Crippen molar-refractivity contribution in [1.29, 1.82) is 0 Å². The van der Waals surface area contributed by atoms with E-state index in [9.17, 15) is 10.1 Å². The van der Waals surface area contributed by atoms with Gasteiger partial charge < -0.3 is 14.4 Å². The molecule has 0 aromatic heterocycles. The van der Waals surface area contributed by atoms with E-state index in [1.807, 2.05) is 31.2 Å². The Morgan fingerprint density at radius 3 is 2.39 bits per heavy atom. The highest BCUT2D eigenvalue weighted by Crippen LogP contribution is 2.30. The minimum absolute atomic E-state index is 0.0854. The SMILES string of the molecule is CCN(CCOC(C)OCC(C)C)c1ccc(N=Nc2ccc([N+](=O)[O-])cc2Cl)cc1. The second-order valence-corrected chi connectivity index (χ2v) is 7.76. The van der Waals surface area contributed by atoms with E-state index < -0.39 is 4.92 Å². The zero-order valence-corrected chi connectivity index (χ0v) is 19.1. The average molecular weight is 449 g/mol. The van der Waals surface area contributed by atoms with Gasteiger partial charge in [-0.1, -0.05) is 25.4 Å². The molecule has 0 heterocycles. The molecule has 0 spiro atoms. The molecule has 1 unspecified atom stereocenters. The van der Waals surface area contributed by atoms with Crippen LogP contribution in [0.25, 0.3) is 0 Å². The number of halogens is 1. The molecule has 168 valence electrons. The number of rotatable bonds is 12. The molecule has 0 aliphatic rings. The molecule has 31 heavy (non-hydrogen) atoms. The molecule has 8 nitrogen and oxygen atoms in total. The van der Waals surface area contributed by atoms with E-state index in [4.69, 9.17) is 21.1 Å². The summed E-state index contributed by atoms with van der Waals surface area (Å²) < 4.78 is 11.4. The van der Waals surface area contributed by atoms with Gasteiger partial charge in [-0.05, 0) is 50.1 Å². The molecule has 0 amide bonds. The minimum Gasteiger partial charge on any atom is -0.369 e. The third kappa shape index (κ3) is 8.24. The van der Waals surface area contributed by atoms with Crippen molar-refractivity contribution in [2.45, 2.75) is 34.0 Å². The molecule has 0 aliphatic heterocycles. The fourth-order valence-corrected chi connectivity index (χ4v) is 2.92. The molecule has 0 N–H and O–H groups in total. The molecule has 0 bridgehead atoms. The molecule has 0 saturated heterocycles. The van der Waals surface area contributed by atoms with Crippen LogP contribution in [0.5, 0.6) is 0 Å². The highest BCUT2D eigenvalue weighted by Gasteiger charge is 2.10. The summed E-state index contributed by atoms with van der Waals surface area (Å²) in [4.78, 5) is 12.5. The van der Waals surface area contributed by atoms with E-state index in [0.717, 1.165) is 18.8 Å². The highest BCUT2D eigenvalue weighted by molar-refractivity contribution is 6.33. The van der Waals surface area contributed by atoms with Crippen LogP contribution in [0.2, 0.25) is 5.02 Å². The van der Waals surface area contributed by atoms with Crippen LogP contribution in [-0.4, -0.2) is 37.5 Å². The average Bonchev–Trinajstić information content (AvgIpc) is 2.75. The monoisotopic (exact) mass is 448 g/mol. The number of nitrogens with zero attached hydrogens (tertiary/aromatic N) is 4. The zero-order valence-electron chi connectivity index (χ0n) is 18.3. The fourth-order valence-electron chi connectivity index (χ4n) is 2.71. The molecule has 0 fully saturated rings. The largest absolute Gasteiger partial charge is 0.369 e. The summed E-state index contributed by atoms with van der Waals surface area (Å²) in [6.45, 7) is 11.0. The van der Waals surface area contributed by atoms with E-state index in [1.54, 1.807) is 0 Å². The van der Waals surface area contributed by atoms with Crippen LogP contribution in [0, 0.1) is 16.0 Å². The summed E-state index contributed by atoms with van der Waals surface area (Å²) in [7, 11) is 0. The molecule has 9 heteroatoms. The number of hydrogen-bond donors (Lipinski definition) is 0. The summed E-state index contributed by atoms with van der Waals surface area (Å²) in [5, 5.41) is 19.2. The van der Waals surface area contributed by atoms with E-state index in [1.165, 1.54) is 18.2 Å². The third-order valence-electron chi connectivity index (χ3n) is 4.39. The summed E-state index contributed by atoms with van der Waals surface area (Å²) in [6, 6.07) is 11.7. The number of non-ortho nitro benzene ring substituents is 1. The Bertz CT molecular complexity index is 874. The van der Waals surface area contributed by atoms with Crippen LogP contribution >= 0.6 is 11.6 Å². The Kier molecular flexibility index (Phi) is 9.84. The maximum atomic E-state index is 10.8. The second-order valence-electron chi connectivity index (χ2n) is 7.35. The standard InChI is InChI=1S/C22H29ClN4O4/c1-5-26(12-13-30-17(4)31-15-16(2)3)19-8-6-18(7-9-19)24-25-22-11-10-20(27(28)29)14-21(22)23/h6-11,14,16-17H,5,12-13,15H2,1-4H3. The number of hydrogen-bond acceptors (Lipinski definition) is 7. The number of benzene rings is 2. The lowest BCUT2D eigenvalue weighted by molar-refractivity contribution is -0.384. The predicted molar refractivity (Wildman–Crippen MR) is 123 cm³/mol. The van der Waals surface area contributed by atoms with Gasteiger partial charge in [-0.25, -0.2) is 0 Å². The molecule has 2 aromatic carbocycles. The van der Waals surface area contributed by atoms with Gasteiger partial charge >= 0.3 is 0 Å². The van der Waals surface area contributed by atoms with E-state index >= 15 is 0 Å². The van der Waals surface area contributed by atoms with Crippen LogP contribution in [0.3, 0.4) is 0 Å². The summed E-state index contributed by atoms with van der Waals surface area (Å²) in [6.07, 6.45) is -0.227. The lowest BCUT2D eigenvalue weighted by Crippen LogP contribution is -2.29. The first kappa shape index (κ1) is 24.7. The second kappa shape index (κ2) is 12.3. The van der Waals surface area contributed by atoms with Gasteiger partial charge in [-0.3, -0.25) is 10.1 Å². The van der Waals surface area contributed by atoms with Crippen LogP contribution in [0.4, 0.5) is 22.7 Å². The van der Waals surface area contributed by atoms with E-state index in [2.05, 4.69) is 35.9 Å². The molecule has 2 rings (SSSR count). The molecule has 1 atom stereocenters. The first-order chi connectivity index (χ1) is 14.8. The van der Waals surface area contributed by atoms with Gasteiger partial charge in [-0.15, -0.1) is 5.11 Å². The lowest BCUT2D eigenvalue weighted by Gasteiger charge is -2.24. The van der Waals surface area contributed by atoms with Crippen LogP contribution in [-0.2, 0) is 9.47 Å². The first-order valence-electron chi connectivity index (χ1n) is 10.2. The smallest absolute Gasteiger partial charge is 0.271 e. The molecule has 2 aromatic rings. The number of likely N-dealkylation sites (N-methyl/N-ethyl adjacent to an activating group) is 1. The van der Waals surface area contributed by atoms with Gasteiger partial charge in [0.1, 0.15) is 5.69 Å². The number of azo groups is 1. The number of nitro benzene ring substituents is 1. The predicted octanol–water partition coefficient (Wildman–Crippen LogP) is 6.53. The first-order valence-corrected chi connectivity index (χ1v) is 10.6. The number of nitro groups is 1. The quantitative estimate of drug-likeness (QED) is 0.159. The molecule has 0 aliphatic carbocycles. The lowest BCUT2D eigenvalue weighted by atomic mass is 10.2. The van der Waals surface area contributed by atoms with Crippen LogP contribution in [0.1, 0.15) is 27.7 Å². The Hall–Kier alpha value is -2.55. The Balaban J connectivity index is 1.92. The molecule has 0 radical (unpaired) electrons. The maximum absolute atomic E-state index is 10.8. The van der Waals surface area contributed by atoms with Crippen molar-refractivity contribution >= 4 is 34.4 Å². The van der Waals surface area contributed by atoms with Crippen molar-refractivity contribution in [3.63, 3.8) is 0 Å². The van der Waals surface area contributed by atoms with Crippen molar-refractivity contribution < 1.29 is 14.4 Å². The summed E-state index contributed by atoms with van der Waals surface area (Å²) in [5.74, 6) is 0.477. The topological polar surface area (TPSA) is 89.6 Å². The van der Waals surface area contributed by atoms with Gasteiger partial charge in [0.25, 0.3) is 5.69 Å². The summed E-state index contributed by atoms with van der Waals surface area (Å²) in [5.41, 5.74) is 1.99. The van der Waals surface area contributed by atoms with E-state index in [-0.39, 0.29) is 17.0 Å². The van der Waals surface area contributed by atoms with E-state index in [0.29, 0.717) is 30.5 Å². The number of ether oxygens (including phenoxy) is 2. The third-order valence-corrected chi connectivity index (χ3v) is 4.69. The fraction of sp³-hybridized carbons (Fsp3) is 0.455.